The Morgan fingerprint density at radius 1 is 0.810 bits per heavy atom. The standard InChI is InChI=1S/C20H25P/c1-16-10-9-15-20(17(16)2)21(18-11-5-3-6-12-18)19-13-7-4-8-14-19/h3,5-6,9-12,15,19H,4,7-8,13-14H2,1-2H3. The van der Waals surface area contributed by atoms with Crippen LogP contribution in [0.5, 0.6) is 0 Å². The molecule has 0 saturated heterocycles. The van der Waals surface area contributed by atoms with Crippen molar-refractivity contribution in [1.82, 2.24) is 0 Å². The maximum absolute atomic E-state index is 2.38. The van der Waals surface area contributed by atoms with E-state index in [1.807, 2.05) is 0 Å². The Morgan fingerprint density at radius 3 is 2.24 bits per heavy atom. The van der Waals surface area contributed by atoms with E-state index in [1.165, 1.54) is 43.2 Å². The fourth-order valence-corrected chi connectivity index (χ4v) is 6.72. The van der Waals surface area contributed by atoms with Crippen molar-refractivity contribution in [2.45, 2.75) is 51.6 Å². The number of rotatable bonds is 3. The van der Waals surface area contributed by atoms with Gasteiger partial charge in [0.15, 0.2) is 0 Å². The van der Waals surface area contributed by atoms with E-state index in [0.29, 0.717) is 0 Å². The van der Waals surface area contributed by atoms with Gasteiger partial charge in [0.1, 0.15) is 0 Å². The molecule has 0 bridgehead atoms. The second-order valence-corrected chi connectivity index (χ2v) is 8.68. The molecule has 0 amide bonds. The van der Waals surface area contributed by atoms with Crippen LogP contribution in [0.3, 0.4) is 0 Å². The average molecular weight is 296 g/mol. The summed E-state index contributed by atoms with van der Waals surface area (Å²) in [5.41, 5.74) is 3.82. The van der Waals surface area contributed by atoms with Gasteiger partial charge in [-0.2, -0.15) is 0 Å². The summed E-state index contributed by atoms with van der Waals surface area (Å²) in [6.45, 7) is 4.56. The van der Waals surface area contributed by atoms with Crippen molar-refractivity contribution in [1.29, 1.82) is 0 Å². The largest absolute Gasteiger partial charge is 0.0622 e. The first kappa shape index (κ1) is 14.8. The van der Waals surface area contributed by atoms with Crippen LogP contribution in [-0.2, 0) is 0 Å². The predicted octanol–water partition coefficient (Wildman–Crippen LogP) is 5.07. The van der Waals surface area contributed by atoms with Crippen LogP contribution in [0, 0.1) is 13.8 Å². The molecule has 0 aromatic heterocycles. The molecule has 21 heavy (non-hydrogen) atoms. The Hall–Kier alpha value is -1.13. The number of hydrogen-bond donors (Lipinski definition) is 0. The van der Waals surface area contributed by atoms with Gasteiger partial charge in [-0.05, 0) is 62.0 Å². The maximum atomic E-state index is 2.38. The van der Waals surface area contributed by atoms with E-state index in [0.717, 1.165) is 5.66 Å². The van der Waals surface area contributed by atoms with Crippen LogP contribution in [0.4, 0.5) is 0 Å². The molecule has 1 heteroatoms. The minimum atomic E-state index is -0.206. The summed E-state index contributed by atoms with van der Waals surface area (Å²) in [5.74, 6) is 0. The highest BCUT2D eigenvalue weighted by Gasteiger charge is 2.27. The van der Waals surface area contributed by atoms with Crippen molar-refractivity contribution in [2.75, 3.05) is 0 Å². The number of aryl methyl sites for hydroxylation is 1. The van der Waals surface area contributed by atoms with Gasteiger partial charge in [0.05, 0.1) is 0 Å². The van der Waals surface area contributed by atoms with Gasteiger partial charge in [0.2, 0.25) is 0 Å². The van der Waals surface area contributed by atoms with Crippen LogP contribution in [0.1, 0.15) is 43.2 Å². The van der Waals surface area contributed by atoms with Crippen molar-refractivity contribution in [3.05, 3.63) is 59.7 Å². The van der Waals surface area contributed by atoms with Gasteiger partial charge in [-0.15, -0.1) is 0 Å². The lowest BCUT2D eigenvalue weighted by molar-refractivity contribution is 0.513. The fourth-order valence-electron chi connectivity index (χ4n) is 3.47. The van der Waals surface area contributed by atoms with E-state index in [1.54, 1.807) is 10.6 Å². The lowest BCUT2D eigenvalue weighted by Crippen LogP contribution is -2.25. The topological polar surface area (TPSA) is 0 Å². The molecule has 3 rings (SSSR count). The SMILES string of the molecule is Cc1cccc(P(c2ccccc2)C2CCCCC2)c1C. The second kappa shape index (κ2) is 6.75. The minimum Gasteiger partial charge on any atom is -0.0622 e. The summed E-state index contributed by atoms with van der Waals surface area (Å²) < 4.78 is 0. The van der Waals surface area contributed by atoms with Crippen molar-refractivity contribution in [3.8, 4) is 0 Å². The summed E-state index contributed by atoms with van der Waals surface area (Å²) in [6.07, 6.45) is 7.09. The lowest BCUT2D eigenvalue weighted by Gasteiger charge is -2.32. The smallest absolute Gasteiger partial charge is 0.0129 e. The molecule has 1 saturated carbocycles. The van der Waals surface area contributed by atoms with Gasteiger partial charge in [0.25, 0.3) is 0 Å². The third-order valence-electron chi connectivity index (χ3n) is 4.81. The van der Waals surface area contributed by atoms with E-state index in [2.05, 4.69) is 62.4 Å². The van der Waals surface area contributed by atoms with Crippen molar-refractivity contribution < 1.29 is 0 Å². The first-order valence-corrected chi connectivity index (χ1v) is 9.59. The predicted molar refractivity (Wildman–Crippen MR) is 95.4 cm³/mol. The average Bonchev–Trinajstić information content (AvgIpc) is 2.54. The summed E-state index contributed by atoms with van der Waals surface area (Å²) in [5, 5.41) is 3.18. The molecule has 0 spiro atoms. The van der Waals surface area contributed by atoms with E-state index in [-0.39, 0.29) is 7.92 Å². The third kappa shape index (κ3) is 3.22. The number of hydrogen-bond acceptors (Lipinski definition) is 0. The zero-order valence-corrected chi connectivity index (χ0v) is 14.1. The van der Waals surface area contributed by atoms with Gasteiger partial charge < -0.3 is 0 Å². The summed E-state index contributed by atoms with van der Waals surface area (Å²) >= 11 is 0. The third-order valence-corrected chi connectivity index (χ3v) is 7.91. The van der Waals surface area contributed by atoms with E-state index in [4.69, 9.17) is 0 Å². The van der Waals surface area contributed by atoms with Gasteiger partial charge in [-0.25, -0.2) is 0 Å². The molecule has 0 radical (unpaired) electrons. The fraction of sp³-hybridized carbons (Fsp3) is 0.400. The monoisotopic (exact) mass is 296 g/mol. The van der Waals surface area contributed by atoms with Crippen LogP contribution < -0.4 is 10.6 Å². The van der Waals surface area contributed by atoms with Gasteiger partial charge in [-0.3, -0.25) is 0 Å². The molecule has 1 aliphatic carbocycles. The molecule has 110 valence electrons. The van der Waals surface area contributed by atoms with Crippen molar-refractivity contribution in [2.24, 2.45) is 0 Å². The van der Waals surface area contributed by atoms with E-state index in [9.17, 15) is 0 Å². The zero-order valence-electron chi connectivity index (χ0n) is 13.2. The summed E-state index contributed by atoms with van der Waals surface area (Å²) in [7, 11) is -0.206. The molecule has 0 N–H and O–H groups in total. The number of benzene rings is 2. The maximum Gasteiger partial charge on any atom is -0.0129 e. The van der Waals surface area contributed by atoms with Crippen LogP contribution in [0.25, 0.3) is 0 Å². The Morgan fingerprint density at radius 2 is 1.52 bits per heavy atom. The molecule has 2 aromatic rings. The minimum absolute atomic E-state index is 0.206. The highest BCUT2D eigenvalue weighted by atomic mass is 31.1. The van der Waals surface area contributed by atoms with Crippen LogP contribution in [-0.4, -0.2) is 5.66 Å². The Kier molecular flexibility index (Phi) is 4.76. The Bertz CT molecular complexity index is 582. The molecule has 0 aliphatic heterocycles. The van der Waals surface area contributed by atoms with Crippen molar-refractivity contribution in [3.63, 3.8) is 0 Å². The Labute approximate surface area is 130 Å². The second-order valence-electron chi connectivity index (χ2n) is 6.22. The zero-order chi connectivity index (χ0) is 14.7. The van der Waals surface area contributed by atoms with Gasteiger partial charge in [0, 0.05) is 0 Å². The van der Waals surface area contributed by atoms with Gasteiger partial charge in [-0.1, -0.05) is 67.8 Å². The Balaban J connectivity index is 2.05. The molecule has 0 heterocycles. The van der Waals surface area contributed by atoms with Crippen LogP contribution >= 0.6 is 7.92 Å². The van der Waals surface area contributed by atoms with Crippen molar-refractivity contribution >= 4 is 18.5 Å². The highest BCUT2D eigenvalue weighted by molar-refractivity contribution is 7.73. The molecule has 2 aromatic carbocycles. The van der Waals surface area contributed by atoms with Crippen LogP contribution in [0.15, 0.2) is 48.5 Å². The lowest BCUT2D eigenvalue weighted by atomic mass is 10.0. The van der Waals surface area contributed by atoms with Gasteiger partial charge >= 0.3 is 0 Å². The van der Waals surface area contributed by atoms with E-state index >= 15 is 0 Å². The first-order valence-electron chi connectivity index (χ1n) is 8.18. The normalized spacial score (nSPS) is 17.6. The quantitative estimate of drug-likeness (QED) is 0.694. The molecular weight excluding hydrogens is 271 g/mol. The molecular formula is C20H25P. The highest BCUT2D eigenvalue weighted by Crippen LogP contribution is 2.47. The molecule has 0 nitrogen and oxygen atoms in total. The first-order chi connectivity index (χ1) is 10.3. The summed E-state index contributed by atoms with van der Waals surface area (Å²) in [4.78, 5) is 0. The summed E-state index contributed by atoms with van der Waals surface area (Å²) in [6, 6.07) is 18.1. The molecule has 1 fully saturated rings. The van der Waals surface area contributed by atoms with E-state index < -0.39 is 0 Å². The molecule has 1 atom stereocenters. The molecule has 1 unspecified atom stereocenters. The molecule has 1 aliphatic rings. The van der Waals surface area contributed by atoms with Crippen LogP contribution in [0.2, 0.25) is 0 Å².